The van der Waals surface area contributed by atoms with Gasteiger partial charge in [-0.1, -0.05) is 27.2 Å². The van der Waals surface area contributed by atoms with Crippen molar-refractivity contribution in [2.24, 2.45) is 11.1 Å². The van der Waals surface area contributed by atoms with Crippen molar-refractivity contribution in [2.75, 3.05) is 39.8 Å². The average Bonchev–Trinajstić information content (AvgIpc) is 2.30. The molecule has 0 aromatic heterocycles. The van der Waals surface area contributed by atoms with Gasteiger partial charge in [0.25, 0.3) is 0 Å². The standard InChI is InChI=1S/C13H29N3/c1-5-6-7-16-9-12(8-14)15(4)10-13(2,3)11-16/h12H,5-11,14H2,1-4H3. The second-order valence-electron chi connectivity index (χ2n) is 6.06. The molecule has 0 aliphatic carbocycles. The molecular formula is C13H29N3. The molecule has 0 saturated carbocycles. The summed E-state index contributed by atoms with van der Waals surface area (Å²) in [5.74, 6) is 0. The summed E-state index contributed by atoms with van der Waals surface area (Å²) >= 11 is 0. The first-order valence-corrected chi connectivity index (χ1v) is 6.61. The van der Waals surface area contributed by atoms with Crippen LogP contribution in [0, 0.1) is 5.41 Å². The molecule has 1 heterocycles. The summed E-state index contributed by atoms with van der Waals surface area (Å²) in [7, 11) is 2.21. The quantitative estimate of drug-likeness (QED) is 0.788. The highest BCUT2D eigenvalue weighted by atomic mass is 15.2. The van der Waals surface area contributed by atoms with E-state index in [2.05, 4.69) is 37.6 Å². The average molecular weight is 227 g/mol. The van der Waals surface area contributed by atoms with E-state index in [1.165, 1.54) is 25.9 Å². The molecule has 1 saturated heterocycles. The molecule has 1 fully saturated rings. The van der Waals surface area contributed by atoms with Gasteiger partial charge in [0.15, 0.2) is 0 Å². The summed E-state index contributed by atoms with van der Waals surface area (Å²) < 4.78 is 0. The number of likely N-dealkylation sites (N-methyl/N-ethyl adjacent to an activating group) is 1. The molecule has 1 aliphatic heterocycles. The van der Waals surface area contributed by atoms with Crippen LogP contribution in [0.4, 0.5) is 0 Å². The Hall–Kier alpha value is -0.120. The molecule has 16 heavy (non-hydrogen) atoms. The fourth-order valence-electron chi connectivity index (χ4n) is 2.77. The molecule has 1 rings (SSSR count). The van der Waals surface area contributed by atoms with Crippen LogP contribution in [-0.4, -0.2) is 55.6 Å². The molecule has 0 bridgehead atoms. The van der Waals surface area contributed by atoms with E-state index >= 15 is 0 Å². The second-order valence-corrected chi connectivity index (χ2v) is 6.06. The van der Waals surface area contributed by atoms with Crippen LogP contribution in [0.25, 0.3) is 0 Å². The first-order valence-electron chi connectivity index (χ1n) is 6.61. The zero-order chi connectivity index (χ0) is 12.2. The highest BCUT2D eigenvalue weighted by Gasteiger charge is 2.31. The number of rotatable bonds is 4. The molecule has 96 valence electrons. The normalized spacial score (nSPS) is 27.9. The zero-order valence-electron chi connectivity index (χ0n) is 11.5. The third kappa shape index (κ3) is 4.04. The van der Waals surface area contributed by atoms with Gasteiger partial charge in [0.1, 0.15) is 0 Å². The van der Waals surface area contributed by atoms with Crippen molar-refractivity contribution in [3.05, 3.63) is 0 Å². The van der Waals surface area contributed by atoms with Crippen LogP contribution in [0.2, 0.25) is 0 Å². The summed E-state index contributed by atoms with van der Waals surface area (Å²) in [5.41, 5.74) is 6.26. The van der Waals surface area contributed by atoms with Crippen molar-refractivity contribution in [2.45, 2.75) is 39.7 Å². The third-order valence-electron chi connectivity index (χ3n) is 3.52. The molecule has 3 heteroatoms. The maximum atomic E-state index is 5.87. The Morgan fingerprint density at radius 2 is 2.00 bits per heavy atom. The Bertz CT molecular complexity index is 203. The summed E-state index contributed by atoms with van der Waals surface area (Å²) in [6.45, 7) is 12.5. The van der Waals surface area contributed by atoms with Gasteiger partial charge in [0.2, 0.25) is 0 Å². The number of hydrogen-bond donors (Lipinski definition) is 1. The van der Waals surface area contributed by atoms with E-state index in [4.69, 9.17) is 5.73 Å². The Labute approximate surface area is 101 Å². The van der Waals surface area contributed by atoms with Gasteiger partial charge >= 0.3 is 0 Å². The highest BCUT2D eigenvalue weighted by Crippen LogP contribution is 2.23. The highest BCUT2D eigenvalue weighted by molar-refractivity contribution is 4.87. The van der Waals surface area contributed by atoms with E-state index in [0.29, 0.717) is 11.5 Å². The Morgan fingerprint density at radius 3 is 2.56 bits per heavy atom. The van der Waals surface area contributed by atoms with Crippen LogP contribution < -0.4 is 5.73 Å². The van der Waals surface area contributed by atoms with Gasteiger partial charge < -0.3 is 15.5 Å². The van der Waals surface area contributed by atoms with Gasteiger partial charge in [0, 0.05) is 32.2 Å². The number of nitrogens with two attached hydrogens (primary N) is 1. The number of nitrogens with zero attached hydrogens (tertiary/aromatic N) is 2. The minimum Gasteiger partial charge on any atom is -0.329 e. The van der Waals surface area contributed by atoms with Gasteiger partial charge in [-0.25, -0.2) is 0 Å². The van der Waals surface area contributed by atoms with E-state index in [1.807, 2.05) is 0 Å². The van der Waals surface area contributed by atoms with Crippen molar-refractivity contribution in [3.63, 3.8) is 0 Å². The fraction of sp³-hybridized carbons (Fsp3) is 1.00. The Kier molecular flexibility index (Phi) is 5.22. The number of hydrogen-bond acceptors (Lipinski definition) is 3. The van der Waals surface area contributed by atoms with Crippen molar-refractivity contribution >= 4 is 0 Å². The first kappa shape index (κ1) is 13.9. The van der Waals surface area contributed by atoms with Crippen molar-refractivity contribution < 1.29 is 0 Å². The van der Waals surface area contributed by atoms with Crippen molar-refractivity contribution in [1.29, 1.82) is 0 Å². The van der Waals surface area contributed by atoms with Crippen molar-refractivity contribution in [3.8, 4) is 0 Å². The van der Waals surface area contributed by atoms with Crippen LogP contribution >= 0.6 is 0 Å². The van der Waals surface area contributed by atoms with Crippen LogP contribution in [0.3, 0.4) is 0 Å². The molecule has 1 unspecified atom stereocenters. The van der Waals surface area contributed by atoms with Gasteiger partial charge in [-0.3, -0.25) is 0 Å². The fourth-order valence-corrected chi connectivity index (χ4v) is 2.77. The van der Waals surface area contributed by atoms with Crippen molar-refractivity contribution in [1.82, 2.24) is 9.80 Å². The summed E-state index contributed by atoms with van der Waals surface area (Å²) in [5, 5.41) is 0. The summed E-state index contributed by atoms with van der Waals surface area (Å²) in [6, 6.07) is 0.527. The minimum atomic E-state index is 0.381. The lowest BCUT2D eigenvalue weighted by Crippen LogP contribution is -2.44. The molecule has 0 aromatic carbocycles. The zero-order valence-corrected chi connectivity index (χ0v) is 11.5. The third-order valence-corrected chi connectivity index (χ3v) is 3.52. The van der Waals surface area contributed by atoms with Crippen LogP contribution in [0.5, 0.6) is 0 Å². The molecule has 0 radical (unpaired) electrons. The first-order chi connectivity index (χ1) is 7.48. The van der Waals surface area contributed by atoms with E-state index in [9.17, 15) is 0 Å². The molecular weight excluding hydrogens is 198 g/mol. The molecule has 3 nitrogen and oxygen atoms in total. The van der Waals surface area contributed by atoms with Crippen LogP contribution in [0.1, 0.15) is 33.6 Å². The largest absolute Gasteiger partial charge is 0.329 e. The van der Waals surface area contributed by atoms with Gasteiger partial charge in [-0.2, -0.15) is 0 Å². The van der Waals surface area contributed by atoms with Crippen LogP contribution in [0.15, 0.2) is 0 Å². The maximum absolute atomic E-state index is 5.87. The van der Waals surface area contributed by atoms with E-state index in [-0.39, 0.29) is 0 Å². The maximum Gasteiger partial charge on any atom is 0.0342 e. The molecule has 0 aromatic rings. The van der Waals surface area contributed by atoms with Gasteiger partial charge in [-0.15, -0.1) is 0 Å². The van der Waals surface area contributed by atoms with Crippen LogP contribution in [-0.2, 0) is 0 Å². The van der Waals surface area contributed by atoms with E-state index in [1.54, 1.807) is 0 Å². The Balaban J connectivity index is 2.63. The van der Waals surface area contributed by atoms with E-state index < -0.39 is 0 Å². The predicted octanol–water partition coefficient (Wildman–Crippen LogP) is 1.39. The smallest absolute Gasteiger partial charge is 0.0342 e. The summed E-state index contributed by atoms with van der Waals surface area (Å²) in [6.07, 6.45) is 2.58. The van der Waals surface area contributed by atoms with Gasteiger partial charge in [0.05, 0.1) is 0 Å². The molecule has 0 amide bonds. The lowest BCUT2D eigenvalue weighted by Gasteiger charge is -2.30. The molecule has 0 spiro atoms. The number of unbranched alkanes of at least 4 members (excludes halogenated alkanes) is 1. The minimum absolute atomic E-state index is 0.381. The van der Waals surface area contributed by atoms with Gasteiger partial charge in [-0.05, 0) is 25.4 Å². The second kappa shape index (κ2) is 5.99. The molecule has 2 N–H and O–H groups in total. The van der Waals surface area contributed by atoms with E-state index in [0.717, 1.165) is 19.6 Å². The Morgan fingerprint density at radius 1 is 1.31 bits per heavy atom. The lowest BCUT2D eigenvalue weighted by molar-refractivity contribution is 0.191. The SMILES string of the molecule is CCCCN1CC(CN)N(C)CC(C)(C)C1. The lowest BCUT2D eigenvalue weighted by atomic mass is 9.92. The molecule has 1 aliphatic rings. The topological polar surface area (TPSA) is 32.5 Å². The summed E-state index contributed by atoms with van der Waals surface area (Å²) in [4.78, 5) is 5.04. The predicted molar refractivity (Wildman–Crippen MR) is 70.6 cm³/mol. The molecule has 1 atom stereocenters. The monoisotopic (exact) mass is 227 g/mol.